The van der Waals surface area contributed by atoms with Crippen LogP contribution in [0.5, 0.6) is 11.5 Å². The van der Waals surface area contributed by atoms with Gasteiger partial charge in [-0.2, -0.15) is 0 Å². The molecule has 0 aliphatic carbocycles. The maximum atomic E-state index is 12.7. The Hall–Kier alpha value is -2.95. The predicted octanol–water partition coefficient (Wildman–Crippen LogP) is 3.90. The van der Waals surface area contributed by atoms with Gasteiger partial charge in [-0.1, -0.05) is 18.2 Å². The van der Waals surface area contributed by atoms with Crippen LogP contribution in [0, 0.1) is 0 Å². The fraction of sp³-hybridized carbons (Fsp3) is 0.286. The maximum absolute atomic E-state index is 12.7. The minimum absolute atomic E-state index is 0.0342. The summed E-state index contributed by atoms with van der Waals surface area (Å²) in [7, 11) is 1.53. The number of nitrogens with one attached hydrogen (secondary N) is 1. The number of carbonyl (C=O) groups excluding carboxylic acids is 1. The molecule has 0 radical (unpaired) electrons. The van der Waals surface area contributed by atoms with Crippen molar-refractivity contribution in [2.45, 2.75) is 18.8 Å². The van der Waals surface area contributed by atoms with Crippen LogP contribution in [0.25, 0.3) is 10.9 Å². The number of hydrogen-bond acceptors (Lipinski definition) is 3. The zero-order chi connectivity index (χ0) is 18.1. The van der Waals surface area contributed by atoms with Gasteiger partial charge in [-0.25, -0.2) is 0 Å². The number of aromatic hydroxyl groups is 1. The fourth-order valence-corrected chi connectivity index (χ4v) is 3.81. The van der Waals surface area contributed by atoms with Gasteiger partial charge >= 0.3 is 0 Å². The standard InChI is InChI=1S/C21H22N2O3/c1-26-15-6-7-17(20(24)12-15)21(25)23-10-8-14(9-11-23)18-13-22-19-5-3-2-4-16(18)19/h2-7,12-14,22,24H,8-11H2,1H3. The molecular formula is C21H22N2O3. The van der Waals surface area contributed by atoms with Crippen LogP contribution >= 0.6 is 0 Å². The van der Waals surface area contributed by atoms with Crippen molar-refractivity contribution in [3.8, 4) is 11.5 Å². The summed E-state index contributed by atoms with van der Waals surface area (Å²) in [5, 5.41) is 11.4. The number of aromatic nitrogens is 1. The number of piperidine rings is 1. The number of likely N-dealkylation sites (tertiary alicyclic amines) is 1. The lowest BCUT2D eigenvalue weighted by Gasteiger charge is -2.32. The van der Waals surface area contributed by atoms with Gasteiger partial charge in [0.05, 0.1) is 12.7 Å². The summed E-state index contributed by atoms with van der Waals surface area (Å²) in [4.78, 5) is 17.9. The molecule has 2 heterocycles. The zero-order valence-corrected chi connectivity index (χ0v) is 14.7. The minimum Gasteiger partial charge on any atom is -0.507 e. The molecule has 0 unspecified atom stereocenters. The second-order valence-corrected chi connectivity index (χ2v) is 6.74. The van der Waals surface area contributed by atoms with E-state index in [4.69, 9.17) is 4.74 Å². The summed E-state index contributed by atoms with van der Waals surface area (Å²) < 4.78 is 5.08. The van der Waals surface area contributed by atoms with Crippen molar-refractivity contribution >= 4 is 16.8 Å². The highest BCUT2D eigenvalue weighted by atomic mass is 16.5. The number of H-pyrrole nitrogens is 1. The largest absolute Gasteiger partial charge is 0.507 e. The average Bonchev–Trinajstić information content (AvgIpc) is 3.11. The second-order valence-electron chi connectivity index (χ2n) is 6.74. The first-order chi connectivity index (χ1) is 12.7. The van der Waals surface area contributed by atoms with Crippen molar-refractivity contribution in [3.05, 3.63) is 59.8 Å². The number of fused-ring (bicyclic) bond motifs is 1. The van der Waals surface area contributed by atoms with Gasteiger partial charge in [0.25, 0.3) is 5.91 Å². The Morgan fingerprint density at radius 1 is 1.19 bits per heavy atom. The van der Waals surface area contributed by atoms with Crippen LogP contribution in [0.1, 0.15) is 34.7 Å². The molecule has 5 heteroatoms. The molecule has 1 aliphatic heterocycles. The molecule has 0 spiro atoms. The number of methoxy groups -OCH3 is 1. The van der Waals surface area contributed by atoms with Gasteiger partial charge in [0.15, 0.2) is 0 Å². The molecule has 134 valence electrons. The van der Waals surface area contributed by atoms with Crippen molar-refractivity contribution in [3.63, 3.8) is 0 Å². The van der Waals surface area contributed by atoms with Crippen LogP contribution in [0.4, 0.5) is 0 Å². The molecule has 0 bridgehead atoms. The number of rotatable bonds is 3. The highest BCUT2D eigenvalue weighted by Gasteiger charge is 2.27. The van der Waals surface area contributed by atoms with Crippen LogP contribution in [-0.4, -0.2) is 41.1 Å². The molecule has 1 aliphatic rings. The lowest BCUT2D eigenvalue weighted by Crippen LogP contribution is -2.37. The van der Waals surface area contributed by atoms with Gasteiger partial charge in [-0.3, -0.25) is 4.79 Å². The number of para-hydroxylation sites is 1. The molecule has 2 N–H and O–H groups in total. The number of hydrogen-bond donors (Lipinski definition) is 2. The number of phenolic OH excluding ortho intramolecular Hbond substituents is 1. The summed E-state index contributed by atoms with van der Waals surface area (Å²) in [6.45, 7) is 1.38. The summed E-state index contributed by atoms with van der Waals surface area (Å²) >= 11 is 0. The van der Waals surface area contributed by atoms with Crippen LogP contribution in [0.3, 0.4) is 0 Å². The van der Waals surface area contributed by atoms with Gasteiger partial charge in [0.1, 0.15) is 11.5 Å². The van der Waals surface area contributed by atoms with Crippen LogP contribution in [0.2, 0.25) is 0 Å². The summed E-state index contributed by atoms with van der Waals surface area (Å²) in [5.41, 5.74) is 2.82. The minimum atomic E-state index is -0.123. The SMILES string of the molecule is COc1ccc(C(=O)N2CCC(c3c[nH]c4ccccc34)CC2)c(O)c1. The Labute approximate surface area is 152 Å². The Morgan fingerprint density at radius 2 is 1.96 bits per heavy atom. The quantitative estimate of drug-likeness (QED) is 0.753. The maximum Gasteiger partial charge on any atom is 0.257 e. The lowest BCUT2D eigenvalue weighted by molar-refractivity contribution is 0.0710. The van der Waals surface area contributed by atoms with Crippen LogP contribution in [0.15, 0.2) is 48.7 Å². The van der Waals surface area contributed by atoms with E-state index in [0.29, 0.717) is 30.3 Å². The molecule has 2 aromatic carbocycles. The molecule has 1 aromatic heterocycles. The van der Waals surface area contributed by atoms with E-state index in [-0.39, 0.29) is 11.7 Å². The molecule has 26 heavy (non-hydrogen) atoms. The van der Waals surface area contributed by atoms with Gasteiger partial charge in [-0.15, -0.1) is 0 Å². The van der Waals surface area contributed by atoms with Crippen LogP contribution < -0.4 is 4.74 Å². The van der Waals surface area contributed by atoms with Gasteiger partial charge in [0, 0.05) is 36.3 Å². The molecule has 1 amide bonds. The number of carbonyl (C=O) groups is 1. The third-order valence-corrected chi connectivity index (χ3v) is 5.28. The normalized spacial score (nSPS) is 15.3. The second kappa shape index (κ2) is 6.75. The number of benzene rings is 2. The third-order valence-electron chi connectivity index (χ3n) is 5.28. The van der Waals surface area contributed by atoms with Gasteiger partial charge < -0.3 is 19.7 Å². The highest BCUT2D eigenvalue weighted by molar-refractivity contribution is 5.97. The Balaban J connectivity index is 1.47. The average molecular weight is 350 g/mol. The van der Waals surface area contributed by atoms with E-state index in [0.717, 1.165) is 18.4 Å². The molecule has 0 saturated carbocycles. The van der Waals surface area contributed by atoms with E-state index in [9.17, 15) is 9.90 Å². The van der Waals surface area contributed by atoms with Crippen molar-refractivity contribution in [1.29, 1.82) is 0 Å². The first-order valence-corrected chi connectivity index (χ1v) is 8.89. The number of nitrogens with zero attached hydrogens (tertiary/aromatic N) is 1. The highest BCUT2D eigenvalue weighted by Crippen LogP contribution is 2.34. The first-order valence-electron chi connectivity index (χ1n) is 8.89. The van der Waals surface area contributed by atoms with E-state index in [1.165, 1.54) is 24.1 Å². The monoisotopic (exact) mass is 350 g/mol. The molecule has 1 saturated heterocycles. The zero-order valence-electron chi connectivity index (χ0n) is 14.7. The van der Waals surface area contributed by atoms with Crippen LogP contribution in [-0.2, 0) is 0 Å². The van der Waals surface area contributed by atoms with Gasteiger partial charge in [0.2, 0.25) is 0 Å². The molecule has 5 nitrogen and oxygen atoms in total. The number of aromatic amines is 1. The Morgan fingerprint density at radius 3 is 2.69 bits per heavy atom. The summed E-state index contributed by atoms with van der Waals surface area (Å²) in [6, 6.07) is 13.1. The van der Waals surface area contributed by atoms with E-state index in [1.807, 2.05) is 11.0 Å². The summed E-state index contributed by atoms with van der Waals surface area (Å²) in [6.07, 6.45) is 3.94. The van der Waals surface area contributed by atoms with E-state index in [1.54, 1.807) is 12.1 Å². The van der Waals surface area contributed by atoms with E-state index < -0.39 is 0 Å². The predicted molar refractivity (Wildman–Crippen MR) is 101 cm³/mol. The van der Waals surface area contributed by atoms with E-state index >= 15 is 0 Å². The molecular weight excluding hydrogens is 328 g/mol. The number of amides is 1. The Bertz CT molecular complexity index is 939. The van der Waals surface area contributed by atoms with Gasteiger partial charge in [-0.05, 0) is 42.5 Å². The van der Waals surface area contributed by atoms with Crippen molar-refractivity contribution in [2.24, 2.45) is 0 Å². The molecule has 3 aromatic rings. The Kier molecular flexibility index (Phi) is 4.29. The molecule has 4 rings (SSSR count). The smallest absolute Gasteiger partial charge is 0.257 e. The summed E-state index contributed by atoms with van der Waals surface area (Å²) in [5.74, 6) is 0.826. The molecule has 0 atom stereocenters. The fourth-order valence-electron chi connectivity index (χ4n) is 3.81. The number of ether oxygens (including phenoxy) is 1. The van der Waals surface area contributed by atoms with Crippen molar-refractivity contribution in [1.82, 2.24) is 9.88 Å². The topological polar surface area (TPSA) is 65.6 Å². The number of phenols is 1. The van der Waals surface area contributed by atoms with Crippen molar-refractivity contribution < 1.29 is 14.6 Å². The van der Waals surface area contributed by atoms with E-state index in [2.05, 4.69) is 29.4 Å². The molecule has 1 fully saturated rings. The third kappa shape index (κ3) is 2.90. The van der Waals surface area contributed by atoms with Crippen molar-refractivity contribution in [2.75, 3.05) is 20.2 Å². The first kappa shape index (κ1) is 16.5. The lowest BCUT2D eigenvalue weighted by atomic mass is 9.89.